The average Bonchev–Trinajstić information content (AvgIpc) is 3.75. The minimum atomic E-state index is -1.39. The Morgan fingerprint density at radius 2 is 1.49 bits per heavy atom. The van der Waals surface area contributed by atoms with Gasteiger partial charge in [0.2, 0.25) is 5.82 Å². The molecule has 1 fully saturated rings. The summed E-state index contributed by atoms with van der Waals surface area (Å²) in [5, 5.41) is 18.1. The van der Waals surface area contributed by atoms with E-state index in [0.717, 1.165) is 16.3 Å². The van der Waals surface area contributed by atoms with Crippen LogP contribution in [-0.2, 0) is 25.5 Å². The fourth-order valence-electron chi connectivity index (χ4n) is 6.04. The van der Waals surface area contributed by atoms with Gasteiger partial charge in [0.05, 0.1) is 17.5 Å². The number of imidazole rings is 1. The topological polar surface area (TPSA) is 170 Å². The van der Waals surface area contributed by atoms with Gasteiger partial charge < -0.3 is 24.8 Å². The van der Waals surface area contributed by atoms with Crippen LogP contribution in [-0.4, -0.2) is 62.2 Å². The lowest BCUT2D eigenvalue weighted by molar-refractivity contribution is -0.137. The molecule has 1 amide bonds. The van der Waals surface area contributed by atoms with Crippen LogP contribution in [0.2, 0.25) is 0 Å². The van der Waals surface area contributed by atoms with E-state index >= 15 is 0 Å². The van der Waals surface area contributed by atoms with Crippen LogP contribution in [0.5, 0.6) is 0 Å². The first-order valence-electron chi connectivity index (χ1n) is 16.3. The van der Waals surface area contributed by atoms with Gasteiger partial charge in [0, 0.05) is 13.1 Å². The molecule has 1 saturated heterocycles. The van der Waals surface area contributed by atoms with Gasteiger partial charge in [-0.05, 0) is 47.5 Å². The van der Waals surface area contributed by atoms with E-state index in [9.17, 15) is 19.6 Å². The second-order valence-electron chi connectivity index (χ2n) is 11.6. The van der Waals surface area contributed by atoms with Gasteiger partial charge in [-0.15, -0.1) is 0 Å². The molecular formula is C38H31N7O6. The molecule has 254 valence electrons. The highest BCUT2D eigenvalue weighted by Crippen LogP contribution is 2.37. The Bertz CT molecular complexity index is 2270. The molecule has 1 aliphatic heterocycles. The fraction of sp³-hybridized carbons (Fsp3) is 0.184. The Labute approximate surface area is 291 Å². The third kappa shape index (κ3) is 6.68. The minimum absolute atomic E-state index is 0.159. The molecule has 51 heavy (non-hydrogen) atoms. The summed E-state index contributed by atoms with van der Waals surface area (Å²) in [6.45, 7) is 2.35. The van der Waals surface area contributed by atoms with Crippen molar-refractivity contribution in [2.24, 2.45) is 0 Å². The smallest absolute Gasteiger partial charge is 0.338 e. The number of nitrogens with one attached hydrogen (secondary N) is 2. The summed E-state index contributed by atoms with van der Waals surface area (Å²) in [6.07, 6.45) is -4.01. The van der Waals surface area contributed by atoms with Gasteiger partial charge in [-0.3, -0.25) is 9.36 Å². The SMILES string of the molecule is CCNC(=O)C1OC(n2cnc3c(NCc4cccc5ccccc45)nc(C#N)nc32)C(OC(=O)c2ccccc2)C1OC(=O)c1ccccc1. The zero-order valence-electron chi connectivity index (χ0n) is 27.3. The predicted molar refractivity (Wildman–Crippen MR) is 185 cm³/mol. The minimum Gasteiger partial charge on any atom is -0.451 e. The molecule has 0 spiro atoms. The third-order valence-electron chi connectivity index (χ3n) is 8.43. The van der Waals surface area contributed by atoms with Crippen molar-refractivity contribution in [3.8, 4) is 6.07 Å². The molecule has 2 N–H and O–H groups in total. The second-order valence-corrected chi connectivity index (χ2v) is 11.6. The number of likely N-dealkylation sites (N-methyl/N-ethyl adjacent to an activating group) is 1. The number of benzene rings is 4. The molecule has 13 heteroatoms. The molecule has 2 aromatic heterocycles. The molecule has 6 aromatic rings. The molecule has 0 radical (unpaired) electrons. The van der Waals surface area contributed by atoms with E-state index in [2.05, 4.69) is 25.6 Å². The van der Waals surface area contributed by atoms with E-state index in [1.54, 1.807) is 67.6 Å². The molecule has 0 aliphatic carbocycles. The molecule has 1 aliphatic rings. The Kier molecular flexibility index (Phi) is 9.32. The monoisotopic (exact) mass is 681 g/mol. The van der Waals surface area contributed by atoms with Crippen LogP contribution in [0.1, 0.15) is 45.3 Å². The molecular weight excluding hydrogens is 650 g/mol. The van der Waals surface area contributed by atoms with Crippen molar-refractivity contribution in [3.05, 3.63) is 132 Å². The molecule has 4 aromatic carbocycles. The molecule has 4 unspecified atom stereocenters. The lowest BCUT2D eigenvalue weighted by atomic mass is 10.0. The molecule has 3 heterocycles. The number of amides is 1. The van der Waals surface area contributed by atoms with Crippen LogP contribution < -0.4 is 10.6 Å². The van der Waals surface area contributed by atoms with Crippen molar-refractivity contribution in [2.45, 2.75) is 38.0 Å². The van der Waals surface area contributed by atoms with E-state index in [-0.39, 0.29) is 35.0 Å². The molecule has 7 rings (SSSR count). The number of carbonyl (C=O) groups excluding carboxylic acids is 3. The Morgan fingerprint density at radius 1 is 0.843 bits per heavy atom. The highest BCUT2D eigenvalue weighted by molar-refractivity contribution is 5.92. The van der Waals surface area contributed by atoms with Gasteiger partial charge >= 0.3 is 11.9 Å². The number of nitrogens with zero attached hydrogens (tertiary/aromatic N) is 5. The number of hydrogen-bond donors (Lipinski definition) is 2. The van der Waals surface area contributed by atoms with Gasteiger partial charge in [-0.1, -0.05) is 78.9 Å². The van der Waals surface area contributed by atoms with Crippen molar-refractivity contribution in [1.82, 2.24) is 24.8 Å². The third-order valence-corrected chi connectivity index (χ3v) is 8.43. The average molecular weight is 682 g/mol. The first kappa shape index (κ1) is 32.9. The summed E-state index contributed by atoms with van der Waals surface area (Å²) in [7, 11) is 0. The largest absolute Gasteiger partial charge is 0.451 e. The highest BCUT2D eigenvalue weighted by Gasteiger charge is 2.54. The number of fused-ring (bicyclic) bond motifs is 2. The van der Waals surface area contributed by atoms with Crippen molar-refractivity contribution < 1.29 is 28.6 Å². The number of carbonyl (C=O) groups is 3. The van der Waals surface area contributed by atoms with Gasteiger partial charge in [-0.25, -0.2) is 14.6 Å². The van der Waals surface area contributed by atoms with Crippen molar-refractivity contribution >= 4 is 45.6 Å². The maximum atomic E-state index is 13.5. The van der Waals surface area contributed by atoms with Crippen molar-refractivity contribution in [1.29, 1.82) is 5.26 Å². The van der Waals surface area contributed by atoms with Gasteiger partial charge in [0.15, 0.2) is 41.5 Å². The first-order chi connectivity index (χ1) is 24.9. The normalized spacial score (nSPS) is 18.2. The predicted octanol–water partition coefficient (Wildman–Crippen LogP) is 4.95. The number of esters is 2. The summed E-state index contributed by atoms with van der Waals surface area (Å²) in [4.78, 5) is 53.8. The number of hydrogen-bond acceptors (Lipinski definition) is 11. The quantitative estimate of drug-likeness (QED) is 0.188. The standard InChI is InChI=1S/C38H31N7O6/c1-2-40-35(46)31-30(50-37(47)24-13-5-3-6-14-24)32(51-38(48)25-15-7-4-8-16-25)36(49-31)45-22-42-29-33(43-28(20-39)44-34(29)45)41-21-26-18-11-17-23-12-9-10-19-27(23)26/h3-19,22,30-32,36H,2,21H2,1H3,(H,40,46)(H,41,43,44). The second kappa shape index (κ2) is 14.5. The number of rotatable bonds is 10. The van der Waals surface area contributed by atoms with Crippen LogP contribution in [0.4, 0.5) is 5.82 Å². The van der Waals surface area contributed by atoms with Crippen molar-refractivity contribution in [2.75, 3.05) is 11.9 Å². The summed E-state index contributed by atoms with van der Waals surface area (Å²) >= 11 is 0. The Hall–Kier alpha value is -6.65. The van der Waals surface area contributed by atoms with Gasteiger partial charge in [0.1, 0.15) is 6.07 Å². The molecule has 0 saturated carbocycles. The number of aromatic nitrogens is 4. The Balaban J connectivity index is 1.29. The molecule has 0 bridgehead atoms. The zero-order valence-corrected chi connectivity index (χ0v) is 27.3. The number of ether oxygens (including phenoxy) is 3. The van der Waals surface area contributed by atoms with Gasteiger partial charge in [0.25, 0.3) is 5.91 Å². The maximum absolute atomic E-state index is 13.5. The Morgan fingerprint density at radius 3 is 2.18 bits per heavy atom. The highest BCUT2D eigenvalue weighted by atomic mass is 16.6. The van der Waals surface area contributed by atoms with Gasteiger partial charge in [-0.2, -0.15) is 15.2 Å². The summed E-state index contributed by atoms with van der Waals surface area (Å²) in [6, 6.07) is 32.5. The fourth-order valence-corrected chi connectivity index (χ4v) is 6.04. The van der Waals surface area contributed by atoms with E-state index in [1.807, 2.05) is 48.5 Å². The van der Waals surface area contributed by atoms with Crippen molar-refractivity contribution in [3.63, 3.8) is 0 Å². The van der Waals surface area contributed by atoms with Crippen LogP contribution in [0.3, 0.4) is 0 Å². The maximum Gasteiger partial charge on any atom is 0.338 e. The van der Waals surface area contributed by atoms with E-state index in [0.29, 0.717) is 12.1 Å². The van der Waals surface area contributed by atoms with E-state index in [4.69, 9.17) is 14.2 Å². The van der Waals surface area contributed by atoms with Crippen LogP contribution in [0.15, 0.2) is 109 Å². The zero-order chi connectivity index (χ0) is 35.3. The number of anilines is 1. The summed E-state index contributed by atoms with van der Waals surface area (Å²) in [5.41, 5.74) is 1.92. The summed E-state index contributed by atoms with van der Waals surface area (Å²) in [5.74, 6) is -1.94. The van der Waals surface area contributed by atoms with E-state index < -0.39 is 42.4 Å². The van der Waals surface area contributed by atoms with Crippen LogP contribution in [0, 0.1) is 11.3 Å². The van der Waals surface area contributed by atoms with E-state index in [1.165, 1.54) is 10.9 Å². The van der Waals surface area contributed by atoms with Crippen LogP contribution in [0.25, 0.3) is 21.9 Å². The molecule has 13 nitrogen and oxygen atoms in total. The van der Waals surface area contributed by atoms with Crippen LogP contribution >= 0.6 is 0 Å². The lowest BCUT2D eigenvalue weighted by Crippen LogP contribution is -2.46. The number of nitriles is 1. The summed E-state index contributed by atoms with van der Waals surface area (Å²) < 4.78 is 19.7. The lowest BCUT2D eigenvalue weighted by Gasteiger charge is -2.24. The first-order valence-corrected chi connectivity index (χ1v) is 16.3. The molecule has 4 atom stereocenters.